The molecule has 3 N–H and O–H groups in total. The van der Waals surface area contributed by atoms with E-state index >= 15 is 0 Å². The molecule has 0 saturated heterocycles. The van der Waals surface area contributed by atoms with Crippen molar-refractivity contribution in [3.8, 4) is 0 Å². The molecule has 0 aliphatic carbocycles. The molecule has 0 aliphatic rings. The Labute approximate surface area is 96.6 Å². The summed E-state index contributed by atoms with van der Waals surface area (Å²) in [7, 11) is 0. The second-order valence-electron chi connectivity index (χ2n) is 3.84. The lowest BCUT2D eigenvalue weighted by Crippen LogP contribution is -2.21. The van der Waals surface area contributed by atoms with E-state index in [0.717, 1.165) is 23.5 Å². The van der Waals surface area contributed by atoms with Crippen molar-refractivity contribution in [3.63, 3.8) is 0 Å². The molecule has 0 fully saturated rings. The van der Waals surface area contributed by atoms with Gasteiger partial charge in [-0.15, -0.1) is 0 Å². The maximum atomic E-state index is 5.81. The van der Waals surface area contributed by atoms with Crippen LogP contribution in [0.15, 0.2) is 18.2 Å². The standard InChI is InChI=1S/C12H20N2S/c1-4-11(8-15-3)14-12-6-9(2)5-10(13)7-12/h5-7,11,14H,4,8,13H2,1-3H3. The lowest BCUT2D eigenvalue weighted by atomic mass is 10.1. The number of rotatable bonds is 5. The fraction of sp³-hybridized carbons (Fsp3) is 0.500. The summed E-state index contributed by atoms with van der Waals surface area (Å²) in [6.07, 6.45) is 3.27. The van der Waals surface area contributed by atoms with Crippen LogP contribution in [0.3, 0.4) is 0 Å². The van der Waals surface area contributed by atoms with Crippen LogP contribution in [0.1, 0.15) is 18.9 Å². The minimum absolute atomic E-state index is 0.529. The molecule has 0 amide bonds. The van der Waals surface area contributed by atoms with Crippen LogP contribution in [-0.4, -0.2) is 18.1 Å². The van der Waals surface area contributed by atoms with Crippen LogP contribution in [-0.2, 0) is 0 Å². The van der Waals surface area contributed by atoms with Crippen molar-refractivity contribution >= 4 is 23.1 Å². The highest BCUT2D eigenvalue weighted by Gasteiger charge is 2.05. The maximum Gasteiger partial charge on any atom is 0.0365 e. The van der Waals surface area contributed by atoms with E-state index in [1.807, 2.05) is 23.9 Å². The number of hydrogen-bond acceptors (Lipinski definition) is 3. The van der Waals surface area contributed by atoms with Gasteiger partial charge in [-0.2, -0.15) is 11.8 Å². The summed E-state index contributed by atoms with van der Waals surface area (Å²) in [4.78, 5) is 0. The molecule has 3 heteroatoms. The Morgan fingerprint density at radius 2 is 2.13 bits per heavy atom. The first kappa shape index (κ1) is 12.2. The molecular formula is C12H20N2S. The van der Waals surface area contributed by atoms with Crippen molar-refractivity contribution in [2.75, 3.05) is 23.1 Å². The lowest BCUT2D eigenvalue weighted by molar-refractivity contribution is 0.775. The lowest BCUT2D eigenvalue weighted by Gasteiger charge is -2.17. The SMILES string of the molecule is CCC(CSC)Nc1cc(C)cc(N)c1. The van der Waals surface area contributed by atoms with Crippen LogP contribution >= 0.6 is 11.8 Å². The Kier molecular flexibility index (Phi) is 4.82. The number of thioether (sulfide) groups is 1. The van der Waals surface area contributed by atoms with E-state index in [4.69, 9.17) is 5.73 Å². The topological polar surface area (TPSA) is 38.0 Å². The van der Waals surface area contributed by atoms with Gasteiger partial charge in [-0.3, -0.25) is 0 Å². The highest BCUT2D eigenvalue weighted by Crippen LogP contribution is 2.18. The average Bonchev–Trinajstić information content (AvgIpc) is 2.15. The van der Waals surface area contributed by atoms with Crippen LogP contribution < -0.4 is 11.1 Å². The summed E-state index contributed by atoms with van der Waals surface area (Å²) in [5.74, 6) is 1.13. The molecule has 1 unspecified atom stereocenters. The molecule has 0 radical (unpaired) electrons. The highest BCUT2D eigenvalue weighted by molar-refractivity contribution is 7.98. The van der Waals surface area contributed by atoms with Gasteiger partial charge in [-0.1, -0.05) is 6.92 Å². The van der Waals surface area contributed by atoms with E-state index in [1.54, 1.807) is 0 Å². The molecule has 2 nitrogen and oxygen atoms in total. The molecule has 0 saturated carbocycles. The largest absolute Gasteiger partial charge is 0.399 e. The normalized spacial score (nSPS) is 12.5. The number of anilines is 2. The Bertz CT molecular complexity index is 292. The first-order chi connectivity index (χ1) is 7.15. The van der Waals surface area contributed by atoms with Crippen LogP contribution in [0.25, 0.3) is 0 Å². The number of aryl methyl sites for hydroxylation is 1. The molecular weight excluding hydrogens is 204 g/mol. The molecule has 15 heavy (non-hydrogen) atoms. The molecule has 0 bridgehead atoms. The van der Waals surface area contributed by atoms with Crippen molar-refractivity contribution in [2.24, 2.45) is 0 Å². The summed E-state index contributed by atoms with van der Waals surface area (Å²) < 4.78 is 0. The number of nitrogens with one attached hydrogen (secondary N) is 1. The predicted molar refractivity (Wildman–Crippen MR) is 71.7 cm³/mol. The second-order valence-corrected chi connectivity index (χ2v) is 4.75. The third-order valence-corrected chi connectivity index (χ3v) is 3.07. The Hall–Kier alpha value is -0.830. The molecule has 1 rings (SSSR count). The molecule has 0 heterocycles. The quantitative estimate of drug-likeness (QED) is 0.755. The number of benzene rings is 1. The van der Waals surface area contributed by atoms with Crippen molar-refractivity contribution < 1.29 is 0 Å². The Morgan fingerprint density at radius 3 is 2.67 bits per heavy atom. The van der Waals surface area contributed by atoms with E-state index in [9.17, 15) is 0 Å². The average molecular weight is 224 g/mol. The number of nitrogen functional groups attached to an aromatic ring is 1. The maximum absolute atomic E-state index is 5.81. The van der Waals surface area contributed by atoms with Crippen LogP contribution in [0, 0.1) is 6.92 Å². The van der Waals surface area contributed by atoms with Crippen LogP contribution in [0.2, 0.25) is 0 Å². The summed E-state index contributed by atoms with van der Waals surface area (Å²) in [6.45, 7) is 4.27. The number of nitrogens with two attached hydrogens (primary N) is 1. The third kappa shape index (κ3) is 4.04. The smallest absolute Gasteiger partial charge is 0.0365 e. The Balaban J connectivity index is 2.69. The molecule has 1 aromatic rings. The molecule has 0 spiro atoms. The van der Waals surface area contributed by atoms with E-state index < -0.39 is 0 Å². The van der Waals surface area contributed by atoms with Crippen molar-refractivity contribution in [2.45, 2.75) is 26.3 Å². The van der Waals surface area contributed by atoms with Gasteiger partial charge in [0.1, 0.15) is 0 Å². The highest BCUT2D eigenvalue weighted by atomic mass is 32.2. The predicted octanol–water partition coefficient (Wildman–Crippen LogP) is 3.13. The molecule has 1 aromatic carbocycles. The monoisotopic (exact) mass is 224 g/mol. The van der Waals surface area contributed by atoms with Gasteiger partial charge < -0.3 is 11.1 Å². The minimum atomic E-state index is 0.529. The van der Waals surface area contributed by atoms with E-state index in [0.29, 0.717) is 6.04 Å². The zero-order chi connectivity index (χ0) is 11.3. The fourth-order valence-electron chi connectivity index (χ4n) is 1.59. The van der Waals surface area contributed by atoms with Crippen molar-refractivity contribution in [1.29, 1.82) is 0 Å². The van der Waals surface area contributed by atoms with Crippen LogP contribution in [0.4, 0.5) is 11.4 Å². The van der Waals surface area contributed by atoms with Crippen LogP contribution in [0.5, 0.6) is 0 Å². The van der Waals surface area contributed by atoms with Gasteiger partial charge >= 0.3 is 0 Å². The first-order valence-electron chi connectivity index (χ1n) is 5.28. The second kappa shape index (κ2) is 5.91. The third-order valence-electron chi connectivity index (χ3n) is 2.33. The number of hydrogen-bond donors (Lipinski definition) is 2. The van der Waals surface area contributed by atoms with E-state index in [1.165, 1.54) is 5.56 Å². The van der Waals surface area contributed by atoms with Gasteiger partial charge in [0.15, 0.2) is 0 Å². The summed E-state index contributed by atoms with van der Waals surface area (Å²) in [6, 6.07) is 6.65. The molecule has 0 aromatic heterocycles. The molecule has 1 atom stereocenters. The van der Waals surface area contributed by atoms with E-state index in [2.05, 4.69) is 31.5 Å². The van der Waals surface area contributed by atoms with E-state index in [-0.39, 0.29) is 0 Å². The summed E-state index contributed by atoms with van der Waals surface area (Å²) >= 11 is 1.87. The fourth-order valence-corrected chi connectivity index (χ4v) is 2.32. The molecule has 84 valence electrons. The zero-order valence-corrected chi connectivity index (χ0v) is 10.5. The summed E-state index contributed by atoms with van der Waals surface area (Å²) in [5.41, 5.74) is 8.97. The Morgan fingerprint density at radius 1 is 1.40 bits per heavy atom. The van der Waals surface area contributed by atoms with Gasteiger partial charge in [0.2, 0.25) is 0 Å². The van der Waals surface area contributed by atoms with Crippen molar-refractivity contribution in [1.82, 2.24) is 0 Å². The minimum Gasteiger partial charge on any atom is -0.399 e. The van der Waals surface area contributed by atoms with Gasteiger partial charge in [0.25, 0.3) is 0 Å². The van der Waals surface area contributed by atoms with Crippen molar-refractivity contribution in [3.05, 3.63) is 23.8 Å². The zero-order valence-electron chi connectivity index (χ0n) is 9.71. The van der Waals surface area contributed by atoms with Gasteiger partial charge in [0.05, 0.1) is 0 Å². The van der Waals surface area contributed by atoms with Gasteiger partial charge in [-0.05, 0) is 43.4 Å². The van der Waals surface area contributed by atoms with Gasteiger partial charge in [0, 0.05) is 23.2 Å². The summed E-state index contributed by atoms with van der Waals surface area (Å²) in [5, 5.41) is 3.51. The molecule has 0 aliphatic heterocycles. The first-order valence-corrected chi connectivity index (χ1v) is 6.67. The van der Waals surface area contributed by atoms with Gasteiger partial charge in [-0.25, -0.2) is 0 Å².